The lowest BCUT2D eigenvalue weighted by molar-refractivity contribution is -0.139. The second-order valence-corrected chi connectivity index (χ2v) is 27.1. The van der Waals surface area contributed by atoms with E-state index in [0.717, 1.165) is 43.1 Å². The van der Waals surface area contributed by atoms with Crippen LogP contribution in [0.15, 0.2) is 36.9 Å². The molecule has 1 heterocycles. The van der Waals surface area contributed by atoms with Crippen LogP contribution in [0.1, 0.15) is 105 Å². The number of unbranched alkanes of at least 4 members (excludes halogenated alkanes) is 2. The lowest BCUT2D eigenvalue weighted by Gasteiger charge is -2.42. The molecule has 10 heteroatoms. The number of imidazole rings is 1. The van der Waals surface area contributed by atoms with E-state index in [9.17, 15) is 9.59 Å². The van der Waals surface area contributed by atoms with Crippen LogP contribution in [0.25, 0.3) is 0 Å². The van der Waals surface area contributed by atoms with Crippen LogP contribution in [0.2, 0.25) is 36.3 Å². The van der Waals surface area contributed by atoms with Crippen LogP contribution in [0.4, 0.5) is 4.79 Å². The highest BCUT2D eigenvalue weighted by Crippen LogP contribution is 2.52. The van der Waals surface area contributed by atoms with Gasteiger partial charge in [-0.15, -0.1) is 0 Å². The predicted octanol–water partition coefficient (Wildman–Crippen LogP) is 9.97. The fourth-order valence-electron chi connectivity index (χ4n) is 7.14. The van der Waals surface area contributed by atoms with Crippen molar-refractivity contribution in [3.8, 4) is 5.75 Å². The van der Waals surface area contributed by atoms with E-state index in [2.05, 4.69) is 85.7 Å². The van der Waals surface area contributed by atoms with Gasteiger partial charge in [-0.1, -0.05) is 79.9 Å². The van der Waals surface area contributed by atoms with E-state index in [0.29, 0.717) is 23.5 Å². The van der Waals surface area contributed by atoms with Gasteiger partial charge in [-0.05, 0) is 110 Å². The van der Waals surface area contributed by atoms with Crippen molar-refractivity contribution in [2.45, 2.75) is 155 Å². The average Bonchev–Trinajstić information content (AvgIpc) is 3.64. The number of benzene rings is 1. The summed E-state index contributed by atoms with van der Waals surface area (Å²) in [6.07, 6.45) is 13.8. The van der Waals surface area contributed by atoms with E-state index < -0.39 is 28.7 Å². The quantitative estimate of drug-likeness (QED) is 0.0834. The van der Waals surface area contributed by atoms with E-state index in [1.165, 1.54) is 49.1 Å². The van der Waals surface area contributed by atoms with Gasteiger partial charge in [-0.25, -0.2) is 19.1 Å². The largest absolute Gasteiger partial charge is 0.482 e. The lowest BCUT2D eigenvalue weighted by atomic mass is 9.73. The van der Waals surface area contributed by atoms with Crippen LogP contribution < -0.4 is 4.74 Å². The Labute approximate surface area is 298 Å². The Kier molecular flexibility index (Phi) is 12.9. The fourth-order valence-corrected chi connectivity index (χ4v) is 9.95. The Hall–Kier alpha value is -2.28. The summed E-state index contributed by atoms with van der Waals surface area (Å²) >= 11 is 0. The van der Waals surface area contributed by atoms with Crippen LogP contribution in [0.5, 0.6) is 5.75 Å². The predicted molar refractivity (Wildman–Crippen MR) is 201 cm³/mol. The first-order valence-corrected chi connectivity index (χ1v) is 24.5. The van der Waals surface area contributed by atoms with Crippen molar-refractivity contribution in [3.63, 3.8) is 0 Å². The van der Waals surface area contributed by atoms with E-state index in [1.807, 2.05) is 12.1 Å². The van der Waals surface area contributed by atoms with Gasteiger partial charge in [0.2, 0.25) is 0 Å². The maximum Gasteiger partial charge on any atom is 0.427 e. The van der Waals surface area contributed by atoms with E-state index in [4.69, 9.17) is 18.3 Å². The zero-order valence-electron chi connectivity index (χ0n) is 32.3. The molecule has 0 amide bonds. The highest BCUT2D eigenvalue weighted by Gasteiger charge is 2.50. The van der Waals surface area contributed by atoms with Crippen LogP contribution in [-0.4, -0.2) is 57.1 Å². The molecule has 8 nitrogen and oxygen atoms in total. The molecule has 1 unspecified atom stereocenters. The number of ether oxygens (including phenoxy) is 2. The van der Waals surface area contributed by atoms with Gasteiger partial charge in [0.25, 0.3) is 0 Å². The molecule has 0 radical (unpaired) electrons. The van der Waals surface area contributed by atoms with Gasteiger partial charge in [-0.2, -0.15) is 0 Å². The Morgan fingerprint density at radius 2 is 1.69 bits per heavy atom. The molecule has 1 saturated carbocycles. The lowest BCUT2D eigenvalue weighted by Crippen LogP contribution is -2.46. The third-order valence-corrected chi connectivity index (χ3v) is 21.1. The monoisotopic (exact) mass is 712 g/mol. The maximum atomic E-state index is 12.5. The highest BCUT2D eigenvalue weighted by atomic mass is 28.4. The first-order chi connectivity index (χ1) is 22.8. The highest BCUT2D eigenvalue weighted by molar-refractivity contribution is 6.74. The Bertz CT molecular complexity index is 1400. The molecule has 49 heavy (non-hydrogen) atoms. The van der Waals surface area contributed by atoms with Crippen molar-refractivity contribution < 1.29 is 27.9 Å². The van der Waals surface area contributed by atoms with Crippen LogP contribution in [0.3, 0.4) is 0 Å². The minimum atomic E-state index is -2.00. The van der Waals surface area contributed by atoms with E-state index in [-0.39, 0.29) is 28.9 Å². The zero-order valence-corrected chi connectivity index (χ0v) is 34.3. The van der Waals surface area contributed by atoms with Gasteiger partial charge in [-0.3, -0.25) is 0 Å². The molecule has 2 aliphatic rings. The van der Waals surface area contributed by atoms with Crippen LogP contribution in [-0.2, 0) is 31.2 Å². The summed E-state index contributed by atoms with van der Waals surface area (Å²) in [5.74, 6) is 1.44. The number of esters is 1. The number of nitrogens with zero attached hydrogens (tertiary/aromatic N) is 2. The molecule has 0 spiro atoms. The number of aromatic nitrogens is 2. The number of carbonyl (C=O) groups excluding carboxylic acids is 2. The van der Waals surface area contributed by atoms with Crippen molar-refractivity contribution >= 4 is 28.7 Å². The van der Waals surface area contributed by atoms with Gasteiger partial charge in [0.15, 0.2) is 23.2 Å². The third kappa shape index (κ3) is 9.95. The summed E-state index contributed by atoms with van der Waals surface area (Å²) in [5.41, 5.74) is 2.46. The Morgan fingerprint density at radius 1 is 0.980 bits per heavy atom. The van der Waals surface area contributed by atoms with Crippen molar-refractivity contribution in [2.75, 3.05) is 6.61 Å². The summed E-state index contributed by atoms with van der Waals surface area (Å²) in [4.78, 5) is 28.5. The maximum absolute atomic E-state index is 12.5. The smallest absolute Gasteiger partial charge is 0.427 e. The SMILES string of the molecule is CCCCC[C@@H](CC[C@H]1C(O[Si](C)(C)C(C)(C)C)C[C@@H]2Cc3c(cccc3OCC(=O)OC(=O)n3ccnc3)C[C@@H]21)O[Si](C)(C)C(C)(C)C. The Morgan fingerprint density at radius 3 is 2.33 bits per heavy atom. The van der Waals surface area contributed by atoms with Gasteiger partial charge >= 0.3 is 12.1 Å². The minimum absolute atomic E-state index is 0.136. The summed E-state index contributed by atoms with van der Waals surface area (Å²) < 4.78 is 26.5. The molecule has 2 aromatic rings. The normalized spacial score (nSPS) is 21.9. The first-order valence-electron chi connectivity index (χ1n) is 18.6. The number of rotatable bonds is 14. The molecule has 274 valence electrons. The molecule has 1 aromatic heterocycles. The molecule has 4 rings (SSSR count). The first kappa shape index (κ1) is 39.5. The number of carbonyl (C=O) groups is 2. The molecule has 5 atom stereocenters. The number of hydrogen-bond acceptors (Lipinski definition) is 7. The third-order valence-electron chi connectivity index (χ3n) is 12.1. The molecule has 1 aromatic carbocycles. The molecule has 2 aliphatic carbocycles. The molecular formula is C39H64N2O6Si2. The van der Waals surface area contributed by atoms with Crippen LogP contribution >= 0.6 is 0 Å². The molecule has 1 fully saturated rings. The topological polar surface area (TPSA) is 88.9 Å². The molecule has 0 aliphatic heterocycles. The van der Waals surface area contributed by atoms with Crippen molar-refractivity contribution in [2.24, 2.45) is 17.8 Å². The summed E-state index contributed by atoms with van der Waals surface area (Å²) in [7, 11) is -3.91. The van der Waals surface area contributed by atoms with E-state index in [1.54, 1.807) is 0 Å². The molecular weight excluding hydrogens is 649 g/mol. The standard InChI is InChI=1S/C39H64N2O6Si2/c1-12-13-14-17-30(46-48(8,9)38(2,3)4)19-20-31-32-23-28-16-15-18-34(44-26-36(42)45-37(43)41-22-21-40-27-41)33(28)24-29(32)25-35(31)47-49(10,11)39(5,6)7/h15-16,18,21-22,27,29-32,35H,12-14,17,19-20,23-26H2,1-11H3/t29-,30-,31+,32-,35?/m0/s1. The Balaban J connectivity index is 1.52. The van der Waals surface area contributed by atoms with Gasteiger partial charge in [0.05, 0.1) is 0 Å². The van der Waals surface area contributed by atoms with Gasteiger partial charge < -0.3 is 18.3 Å². The van der Waals surface area contributed by atoms with Crippen molar-refractivity contribution in [1.82, 2.24) is 9.55 Å². The van der Waals surface area contributed by atoms with E-state index >= 15 is 0 Å². The fraction of sp³-hybridized carbons (Fsp3) is 0.718. The second-order valence-electron chi connectivity index (χ2n) is 17.6. The number of hydrogen-bond donors (Lipinski definition) is 0. The summed E-state index contributed by atoms with van der Waals surface area (Å²) in [6.45, 7) is 25.5. The molecule has 0 N–H and O–H groups in total. The van der Waals surface area contributed by atoms with Gasteiger partial charge in [0.1, 0.15) is 12.1 Å². The molecule has 0 bridgehead atoms. The summed E-state index contributed by atoms with van der Waals surface area (Å²) in [6, 6.07) is 6.16. The number of fused-ring (bicyclic) bond motifs is 2. The van der Waals surface area contributed by atoms with Gasteiger partial charge in [0, 0.05) is 24.6 Å². The van der Waals surface area contributed by atoms with Crippen LogP contribution in [0, 0.1) is 17.8 Å². The van der Waals surface area contributed by atoms with Crippen molar-refractivity contribution in [3.05, 3.63) is 48.0 Å². The zero-order chi connectivity index (χ0) is 36.2. The van der Waals surface area contributed by atoms with Crippen molar-refractivity contribution in [1.29, 1.82) is 0 Å². The molecule has 0 saturated heterocycles. The average molecular weight is 713 g/mol. The summed E-state index contributed by atoms with van der Waals surface area (Å²) in [5, 5.41) is 0.318. The second kappa shape index (κ2) is 15.9. The minimum Gasteiger partial charge on any atom is -0.482 e.